The maximum absolute atomic E-state index is 13.0. The summed E-state index contributed by atoms with van der Waals surface area (Å²) in [5, 5.41) is 12.0. The van der Waals surface area contributed by atoms with E-state index < -0.39 is 49.1 Å². The van der Waals surface area contributed by atoms with Crippen molar-refractivity contribution >= 4 is 23.6 Å². The molecule has 0 aliphatic carbocycles. The van der Waals surface area contributed by atoms with Crippen molar-refractivity contribution in [1.29, 1.82) is 0 Å². The zero-order chi connectivity index (χ0) is 19.5. The number of hydrogen-bond acceptors (Lipinski definition) is 3. The number of halogens is 4. The molecular formula is C16H18ClF3N2O4. The molecule has 26 heavy (non-hydrogen) atoms. The quantitative estimate of drug-likeness (QED) is 0.804. The van der Waals surface area contributed by atoms with Gasteiger partial charge in [-0.15, -0.1) is 0 Å². The summed E-state index contributed by atoms with van der Waals surface area (Å²) in [4.78, 5) is 24.4. The Hall–Kier alpha value is -2.00. The molecule has 1 fully saturated rings. The van der Waals surface area contributed by atoms with Gasteiger partial charge in [-0.05, 0) is 17.7 Å². The number of hydrogen-bond donors (Lipinski definition) is 2. The van der Waals surface area contributed by atoms with Gasteiger partial charge in [-0.1, -0.05) is 23.7 Å². The second kappa shape index (κ2) is 8.13. The lowest BCUT2D eigenvalue weighted by Crippen LogP contribution is -2.42. The number of aliphatic carboxylic acids is 1. The average molecular weight is 395 g/mol. The molecule has 2 N–H and O–H groups in total. The number of methoxy groups -OCH3 is 1. The number of rotatable bonds is 5. The molecule has 1 aliphatic rings. The molecule has 6 nitrogen and oxygen atoms in total. The fraction of sp³-hybridized carbons (Fsp3) is 0.500. The Bertz CT molecular complexity index is 671. The minimum absolute atomic E-state index is 0.0744. The number of ether oxygens (including phenoxy) is 1. The highest BCUT2D eigenvalue weighted by Crippen LogP contribution is 2.37. The first-order valence-electron chi connectivity index (χ1n) is 7.72. The van der Waals surface area contributed by atoms with Crippen molar-refractivity contribution in [1.82, 2.24) is 10.2 Å². The van der Waals surface area contributed by atoms with E-state index in [0.29, 0.717) is 10.6 Å². The van der Waals surface area contributed by atoms with Crippen LogP contribution in [0.1, 0.15) is 11.6 Å². The van der Waals surface area contributed by atoms with Gasteiger partial charge in [0.1, 0.15) is 0 Å². The van der Waals surface area contributed by atoms with E-state index in [0.717, 1.165) is 4.90 Å². The fourth-order valence-electron chi connectivity index (χ4n) is 2.90. The fourth-order valence-corrected chi connectivity index (χ4v) is 3.10. The Labute approximate surface area is 152 Å². The van der Waals surface area contributed by atoms with Gasteiger partial charge in [-0.2, -0.15) is 13.2 Å². The average Bonchev–Trinajstić information content (AvgIpc) is 3.00. The van der Waals surface area contributed by atoms with Crippen LogP contribution in [0.5, 0.6) is 0 Å². The maximum Gasteiger partial charge on any atom is 0.394 e. The summed E-state index contributed by atoms with van der Waals surface area (Å²) in [6.07, 6.45) is -4.70. The molecule has 2 rings (SSSR count). The predicted molar refractivity (Wildman–Crippen MR) is 86.8 cm³/mol. The molecular weight excluding hydrogens is 377 g/mol. The monoisotopic (exact) mass is 394 g/mol. The molecule has 1 unspecified atom stereocenters. The summed E-state index contributed by atoms with van der Waals surface area (Å²) in [6, 6.07) is 5.18. The van der Waals surface area contributed by atoms with Gasteiger partial charge in [-0.25, -0.2) is 4.79 Å². The number of likely N-dealkylation sites (tertiary alicyclic amines) is 1. The number of amides is 2. The van der Waals surface area contributed by atoms with Gasteiger partial charge in [0.2, 0.25) is 0 Å². The van der Waals surface area contributed by atoms with E-state index in [-0.39, 0.29) is 6.61 Å². The van der Waals surface area contributed by atoms with Crippen LogP contribution >= 0.6 is 11.6 Å². The second-order valence-electron chi connectivity index (χ2n) is 6.01. The third-order valence-electron chi connectivity index (χ3n) is 4.23. The van der Waals surface area contributed by atoms with Crippen LogP contribution in [0.25, 0.3) is 0 Å². The summed E-state index contributed by atoms with van der Waals surface area (Å²) in [6.45, 7) is -1.15. The summed E-state index contributed by atoms with van der Waals surface area (Å²) in [7, 11) is 1.42. The number of benzene rings is 1. The molecule has 144 valence electrons. The van der Waals surface area contributed by atoms with Crippen molar-refractivity contribution in [2.45, 2.75) is 12.2 Å². The van der Waals surface area contributed by atoms with E-state index in [1.165, 1.54) is 7.11 Å². The van der Waals surface area contributed by atoms with Gasteiger partial charge in [0, 0.05) is 25.2 Å². The van der Waals surface area contributed by atoms with Gasteiger partial charge in [0.05, 0.1) is 24.5 Å². The normalized spacial score (nSPS) is 21.5. The second-order valence-corrected chi connectivity index (χ2v) is 6.45. The van der Waals surface area contributed by atoms with Crippen LogP contribution in [0.2, 0.25) is 5.02 Å². The van der Waals surface area contributed by atoms with E-state index in [4.69, 9.17) is 21.4 Å². The summed E-state index contributed by atoms with van der Waals surface area (Å²) >= 11 is 5.92. The molecule has 1 saturated heterocycles. The highest BCUT2D eigenvalue weighted by Gasteiger charge is 2.53. The number of carbonyl (C=O) groups excluding carboxylic acids is 1. The number of carbonyl (C=O) groups is 2. The highest BCUT2D eigenvalue weighted by atomic mass is 35.5. The first kappa shape index (κ1) is 20.3. The molecule has 10 heteroatoms. The minimum Gasteiger partial charge on any atom is -0.481 e. The maximum atomic E-state index is 13.0. The van der Waals surface area contributed by atoms with E-state index in [1.54, 1.807) is 24.3 Å². The first-order chi connectivity index (χ1) is 12.1. The van der Waals surface area contributed by atoms with Crippen molar-refractivity contribution < 1.29 is 32.6 Å². The summed E-state index contributed by atoms with van der Waals surface area (Å²) in [5.74, 6) is -5.36. The Morgan fingerprint density at radius 1 is 1.42 bits per heavy atom. The third-order valence-corrected chi connectivity index (χ3v) is 4.46. The van der Waals surface area contributed by atoms with Crippen molar-refractivity contribution in [3.8, 4) is 0 Å². The van der Waals surface area contributed by atoms with Gasteiger partial charge >= 0.3 is 18.2 Å². The van der Waals surface area contributed by atoms with Gasteiger partial charge < -0.3 is 20.1 Å². The van der Waals surface area contributed by atoms with Gasteiger partial charge in [0.25, 0.3) is 0 Å². The summed E-state index contributed by atoms with van der Waals surface area (Å²) < 4.78 is 44.2. The Kier molecular flexibility index (Phi) is 6.35. The minimum atomic E-state index is -4.70. The molecule has 1 heterocycles. The van der Waals surface area contributed by atoms with E-state index >= 15 is 0 Å². The van der Waals surface area contributed by atoms with E-state index in [9.17, 15) is 22.8 Å². The molecule has 0 radical (unpaired) electrons. The Morgan fingerprint density at radius 3 is 2.62 bits per heavy atom. The standard InChI is InChI=1S/C16H18ClF3N2O4/c1-26-8-13(9-3-2-4-10(17)5-9)21-15(25)22-6-11(14(23)24)12(7-22)16(18,19)20/h2-5,11-13H,6-8H2,1H3,(H,21,25)(H,23,24)/t11-,12-,13?/m1/s1. The molecule has 0 aromatic heterocycles. The number of nitrogens with one attached hydrogen (secondary N) is 1. The predicted octanol–water partition coefficient (Wildman–Crippen LogP) is 2.93. The van der Waals surface area contributed by atoms with E-state index in [1.807, 2.05) is 0 Å². The number of carboxylic acids is 1. The van der Waals surface area contributed by atoms with Crippen LogP contribution < -0.4 is 5.32 Å². The van der Waals surface area contributed by atoms with Crippen LogP contribution in [0.15, 0.2) is 24.3 Å². The zero-order valence-corrected chi connectivity index (χ0v) is 14.5. The molecule has 0 spiro atoms. The molecule has 0 bridgehead atoms. The van der Waals surface area contributed by atoms with Crippen LogP contribution in [-0.4, -0.2) is 55.0 Å². The number of urea groups is 1. The summed E-state index contributed by atoms with van der Waals surface area (Å²) in [5.41, 5.74) is 0.619. The van der Waals surface area contributed by atoms with Crippen molar-refractivity contribution in [2.75, 3.05) is 26.8 Å². The van der Waals surface area contributed by atoms with Crippen LogP contribution in [0.3, 0.4) is 0 Å². The molecule has 1 aromatic carbocycles. The highest BCUT2D eigenvalue weighted by molar-refractivity contribution is 6.30. The van der Waals surface area contributed by atoms with Gasteiger partial charge in [-0.3, -0.25) is 4.79 Å². The Balaban J connectivity index is 2.13. The molecule has 3 atom stereocenters. The van der Waals surface area contributed by atoms with Crippen LogP contribution in [-0.2, 0) is 9.53 Å². The first-order valence-corrected chi connectivity index (χ1v) is 8.10. The SMILES string of the molecule is COCC(NC(=O)N1C[C@@H](C(F)(F)F)[C@H](C(=O)O)C1)c1cccc(Cl)c1. The Morgan fingerprint density at radius 2 is 2.12 bits per heavy atom. The number of nitrogens with zero attached hydrogens (tertiary/aromatic N) is 1. The molecule has 1 aliphatic heterocycles. The third kappa shape index (κ3) is 4.79. The zero-order valence-electron chi connectivity index (χ0n) is 13.8. The number of alkyl halides is 3. The van der Waals surface area contributed by atoms with Crippen molar-refractivity contribution in [3.63, 3.8) is 0 Å². The largest absolute Gasteiger partial charge is 0.481 e. The topological polar surface area (TPSA) is 78.9 Å². The van der Waals surface area contributed by atoms with Crippen LogP contribution in [0, 0.1) is 11.8 Å². The lowest BCUT2D eigenvalue weighted by molar-refractivity contribution is -0.187. The van der Waals surface area contributed by atoms with Crippen molar-refractivity contribution in [3.05, 3.63) is 34.9 Å². The lowest BCUT2D eigenvalue weighted by atomic mass is 9.96. The van der Waals surface area contributed by atoms with Crippen molar-refractivity contribution in [2.24, 2.45) is 11.8 Å². The lowest BCUT2D eigenvalue weighted by Gasteiger charge is -2.23. The van der Waals surface area contributed by atoms with E-state index in [2.05, 4.69) is 5.32 Å². The van der Waals surface area contributed by atoms with Gasteiger partial charge in [0.15, 0.2) is 0 Å². The molecule has 0 saturated carbocycles. The molecule has 1 aromatic rings. The smallest absolute Gasteiger partial charge is 0.394 e. The van der Waals surface area contributed by atoms with Crippen LogP contribution in [0.4, 0.5) is 18.0 Å². The number of carboxylic acid groups (broad SMARTS) is 1. The molecule has 2 amide bonds.